The molecule has 6 heteroatoms. The highest BCUT2D eigenvalue weighted by atomic mass is 16.6. The molecule has 0 fully saturated rings. The molecule has 0 spiro atoms. The Balaban J connectivity index is 4.45. The molecule has 73 heavy (non-hydrogen) atoms. The van der Waals surface area contributed by atoms with Gasteiger partial charge >= 0.3 is 17.9 Å². The zero-order valence-electron chi connectivity index (χ0n) is 46.3. The van der Waals surface area contributed by atoms with Crippen LogP contribution in [0.1, 0.15) is 213 Å². The lowest BCUT2D eigenvalue weighted by Crippen LogP contribution is -2.30. The first-order valence-electron chi connectivity index (χ1n) is 28.6. The Morgan fingerprint density at radius 1 is 0.288 bits per heavy atom. The van der Waals surface area contributed by atoms with Crippen LogP contribution in [0.15, 0.2) is 170 Å². The SMILES string of the molecule is CC/C=C\C/C=C\C/C=C\C/C=C\C/C=C\CCCCCCCCCCCCCC(=O)OCC(COC(=O)CC/C=C\C/C=C\C/C=C\C/C=C\CC)OC(=O)C/C=C\C/C=C\C/C=C\C/C=C\C/C=C\CC. The van der Waals surface area contributed by atoms with Crippen LogP contribution in [0, 0.1) is 0 Å². The van der Waals surface area contributed by atoms with Crippen LogP contribution in [0.4, 0.5) is 0 Å². The smallest absolute Gasteiger partial charge is 0.310 e. The largest absolute Gasteiger partial charge is 0.462 e. The first kappa shape index (κ1) is 67.8. The van der Waals surface area contributed by atoms with Crippen LogP contribution in [0.3, 0.4) is 0 Å². The van der Waals surface area contributed by atoms with Gasteiger partial charge in [0, 0.05) is 12.8 Å². The van der Waals surface area contributed by atoms with E-state index in [2.05, 4.69) is 167 Å². The second-order valence-corrected chi connectivity index (χ2v) is 18.1. The summed E-state index contributed by atoms with van der Waals surface area (Å²) in [6.07, 6.45) is 88.2. The molecule has 0 bridgehead atoms. The van der Waals surface area contributed by atoms with Crippen molar-refractivity contribution in [2.75, 3.05) is 13.2 Å². The lowest BCUT2D eigenvalue weighted by atomic mass is 10.0. The van der Waals surface area contributed by atoms with E-state index >= 15 is 0 Å². The van der Waals surface area contributed by atoms with Crippen LogP contribution in [0.2, 0.25) is 0 Å². The Hall–Kier alpha value is -5.23. The molecule has 0 aliphatic heterocycles. The first-order valence-corrected chi connectivity index (χ1v) is 28.6. The van der Waals surface area contributed by atoms with Crippen molar-refractivity contribution < 1.29 is 28.6 Å². The van der Waals surface area contributed by atoms with Crippen LogP contribution in [-0.2, 0) is 28.6 Å². The Morgan fingerprint density at radius 2 is 0.562 bits per heavy atom. The topological polar surface area (TPSA) is 78.9 Å². The minimum atomic E-state index is -0.871. The van der Waals surface area contributed by atoms with E-state index in [4.69, 9.17) is 14.2 Å². The lowest BCUT2D eigenvalue weighted by Gasteiger charge is -2.18. The molecule has 0 radical (unpaired) electrons. The minimum absolute atomic E-state index is 0.0736. The molecule has 0 rings (SSSR count). The number of rotatable bonds is 49. The number of unbranched alkanes of at least 4 members (excludes halogenated alkanes) is 11. The molecular formula is C67H102O6. The predicted octanol–water partition coefficient (Wildman–Crippen LogP) is 19.5. The van der Waals surface area contributed by atoms with Crippen molar-refractivity contribution in [2.45, 2.75) is 219 Å². The average Bonchev–Trinajstić information content (AvgIpc) is 3.39. The Kier molecular flexibility index (Phi) is 55.1. The summed E-state index contributed by atoms with van der Waals surface area (Å²) in [5.74, 6) is -1.18. The van der Waals surface area contributed by atoms with Crippen LogP contribution in [0.25, 0.3) is 0 Å². The quantitative estimate of drug-likeness (QED) is 0.0261. The van der Waals surface area contributed by atoms with Crippen molar-refractivity contribution in [3.05, 3.63) is 170 Å². The normalized spacial score (nSPS) is 13.4. The molecule has 0 heterocycles. The summed E-state index contributed by atoms with van der Waals surface area (Å²) in [5, 5.41) is 0. The van der Waals surface area contributed by atoms with E-state index in [0.29, 0.717) is 19.3 Å². The molecule has 1 atom stereocenters. The number of ether oxygens (including phenoxy) is 3. The summed E-state index contributed by atoms with van der Waals surface area (Å²) in [4.78, 5) is 38.0. The van der Waals surface area contributed by atoms with E-state index in [-0.39, 0.29) is 38.0 Å². The molecule has 0 aliphatic rings. The zero-order valence-corrected chi connectivity index (χ0v) is 46.3. The summed E-state index contributed by atoms with van der Waals surface area (Å²) in [7, 11) is 0. The van der Waals surface area contributed by atoms with Crippen molar-refractivity contribution in [1.29, 1.82) is 0 Å². The monoisotopic (exact) mass is 1000 g/mol. The summed E-state index contributed by atoms with van der Waals surface area (Å²) in [5.41, 5.74) is 0. The van der Waals surface area contributed by atoms with Gasteiger partial charge in [0.15, 0.2) is 6.10 Å². The Labute approximate surface area is 447 Å². The number of carbonyl (C=O) groups is 3. The Bertz CT molecular complexity index is 1720. The van der Waals surface area contributed by atoms with Crippen LogP contribution < -0.4 is 0 Å². The molecule has 0 aromatic rings. The van der Waals surface area contributed by atoms with Gasteiger partial charge in [0.2, 0.25) is 0 Å². The first-order chi connectivity index (χ1) is 36.0. The highest BCUT2D eigenvalue weighted by Gasteiger charge is 2.19. The van der Waals surface area contributed by atoms with Gasteiger partial charge in [0.25, 0.3) is 0 Å². The van der Waals surface area contributed by atoms with Crippen molar-refractivity contribution in [3.8, 4) is 0 Å². The van der Waals surface area contributed by atoms with E-state index in [0.717, 1.165) is 103 Å². The van der Waals surface area contributed by atoms with Gasteiger partial charge in [-0.2, -0.15) is 0 Å². The minimum Gasteiger partial charge on any atom is -0.462 e. The number of hydrogen-bond acceptors (Lipinski definition) is 6. The highest BCUT2D eigenvalue weighted by Crippen LogP contribution is 2.14. The number of hydrogen-bond donors (Lipinski definition) is 0. The maximum atomic E-state index is 12.8. The van der Waals surface area contributed by atoms with Crippen LogP contribution in [-0.4, -0.2) is 37.2 Å². The summed E-state index contributed by atoms with van der Waals surface area (Å²) >= 11 is 0. The fraction of sp³-hybridized carbons (Fsp3) is 0.537. The molecule has 0 saturated heterocycles. The molecule has 406 valence electrons. The molecular weight excluding hydrogens is 901 g/mol. The van der Waals surface area contributed by atoms with Gasteiger partial charge in [-0.1, -0.05) is 249 Å². The summed E-state index contributed by atoms with van der Waals surface area (Å²) < 4.78 is 16.6. The van der Waals surface area contributed by atoms with E-state index in [1.54, 1.807) is 6.08 Å². The van der Waals surface area contributed by atoms with E-state index in [9.17, 15) is 14.4 Å². The molecule has 1 unspecified atom stereocenters. The fourth-order valence-corrected chi connectivity index (χ4v) is 7.09. The van der Waals surface area contributed by atoms with Gasteiger partial charge in [-0.25, -0.2) is 0 Å². The molecule has 0 aromatic carbocycles. The third-order valence-corrected chi connectivity index (χ3v) is 11.2. The summed E-state index contributed by atoms with van der Waals surface area (Å²) in [6.45, 7) is 6.12. The van der Waals surface area contributed by atoms with Gasteiger partial charge in [-0.15, -0.1) is 0 Å². The second kappa shape index (κ2) is 59.3. The van der Waals surface area contributed by atoms with Crippen molar-refractivity contribution in [2.24, 2.45) is 0 Å². The van der Waals surface area contributed by atoms with E-state index < -0.39 is 12.1 Å². The van der Waals surface area contributed by atoms with Gasteiger partial charge < -0.3 is 14.2 Å². The van der Waals surface area contributed by atoms with Crippen molar-refractivity contribution >= 4 is 17.9 Å². The number of esters is 3. The van der Waals surface area contributed by atoms with E-state index in [1.165, 1.54) is 57.8 Å². The molecule has 0 amide bonds. The molecule has 0 aliphatic carbocycles. The molecule has 0 saturated carbocycles. The average molecular weight is 1000 g/mol. The van der Waals surface area contributed by atoms with Crippen molar-refractivity contribution in [3.63, 3.8) is 0 Å². The van der Waals surface area contributed by atoms with Crippen molar-refractivity contribution in [1.82, 2.24) is 0 Å². The highest BCUT2D eigenvalue weighted by molar-refractivity contribution is 5.72. The predicted molar refractivity (Wildman–Crippen MR) is 315 cm³/mol. The van der Waals surface area contributed by atoms with Crippen LogP contribution >= 0.6 is 0 Å². The third-order valence-electron chi connectivity index (χ3n) is 11.2. The van der Waals surface area contributed by atoms with Gasteiger partial charge in [0.05, 0.1) is 6.42 Å². The summed E-state index contributed by atoms with van der Waals surface area (Å²) in [6, 6.07) is 0. The lowest BCUT2D eigenvalue weighted by molar-refractivity contribution is -0.166. The second-order valence-electron chi connectivity index (χ2n) is 18.1. The fourth-order valence-electron chi connectivity index (χ4n) is 7.09. The zero-order chi connectivity index (χ0) is 52.9. The molecule has 6 nitrogen and oxygen atoms in total. The van der Waals surface area contributed by atoms with Crippen LogP contribution in [0.5, 0.6) is 0 Å². The van der Waals surface area contributed by atoms with Gasteiger partial charge in [0.1, 0.15) is 13.2 Å². The number of carbonyl (C=O) groups excluding carboxylic acids is 3. The standard InChI is InChI=1S/C67H102O6/c1-4-7-10-13-16-19-22-25-27-28-29-30-31-32-33-34-35-36-37-38-40-42-45-48-51-54-57-60-66(69)72-63-64(62-71-65(68)59-56-53-50-47-44-41-24-21-18-15-12-9-6-3)73-67(70)61-58-55-52-49-46-43-39-26-23-20-17-14-11-8-5-2/h7-12,16-21,25-27,29-30,32-33,39,41,44,46,49-50,53,55,58,64H,4-6,13-15,22-24,28,31,34-38,40,42-43,45,47-48,51-52,54,56-57,59-63H2,1-3H3/b10-7-,11-8-,12-9-,19-16-,20-17-,21-18-,27-25-,30-29-,33-32-,39-26-,44-41-,49-46-,53-50-,58-55-. The number of allylic oxidation sites excluding steroid dienone is 27. The van der Waals surface area contributed by atoms with E-state index in [1.807, 2.05) is 18.2 Å². The molecule has 0 aromatic heterocycles. The third kappa shape index (κ3) is 57.5. The molecule has 0 N–H and O–H groups in total. The van der Waals surface area contributed by atoms with Gasteiger partial charge in [-0.05, 0) is 116 Å². The van der Waals surface area contributed by atoms with Gasteiger partial charge in [-0.3, -0.25) is 14.4 Å². The maximum absolute atomic E-state index is 12.8. The Morgan fingerprint density at radius 3 is 0.918 bits per heavy atom. The maximum Gasteiger partial charge on any atom is 0.310 e.